The van der Waals surface area contributed by atoms with Crippen LogP contribution in [0.5, 0.6) is 0 Å². The molecule has 84 valence electrons. The third-order valence-electron chi connectivity index (χ3n) is 2.49. The Balaban J connectivity index is 2.37. The van der Waals surface area contributed by atoms with Crippen LogP contribution in [0.4, 0.5) is 0 Å². The number of nitrogens with zero attached hydrogens (tertiary/aromatic N) is 3. The molecule has 0 aliphatic rings. The molecule has 0 spiro atoms. The average Bonchev–Trinajstić information content (AvgIpc) is 2.73. The van der Waals surface area contributed by atoms with Gasteiger partial charge in [-0.15, -0.1) is 0 Å². The molecule has 0 bridgehead atoms. The third-order valence-corrected chi connectivity index (χ3v) is 2.49. The minimum absolute atomic E-state index is 0.831. The fraction of sp³-hybridized carbons (Fsp3) is 0.333. The second-order valence-corrected chi connectivity index (χ2v) is 3.61. The summed E-state index contributed by atoms with van der Waals surface area (Å²) in [5.41, 5.74) is 1.19. The lowest BCUT2D eigenvalue weighted by atomic mass is 10.2. The Morgan fingerprint density at radius 2 is 2.19 bits per heavy atom. The Hall–Kier alpha value is -1.68. The largest absolute Gasteiger partial charge is 0.313 e. The van der Waals surface area contributed by atoms with E-state index in [-0.39, 0.29) is 0 Å². The fourth-order valence-corrected chi connectivity index (χ4v) is 1.65. The molecule has 2 rings (SSSR count). The number of nitrogens with one attached hydrogen (secondary N) is 1. The van der Waals surface area contributed by atoms with E-state index < -0.39 is 0 Å². The Bertz CT molecular complexity index is 462. The first-order chi connectivity index (χ1) is 7.83. The maximum atomic E-state index is 4.42. The number of hydrogen-bond donors (Lipinski definition) is 1. The number of aromatic nitrogens is 3. The Morgan fingerprint density at radius 3 is 2.88 bits per heavy atom. The van der Waals surface area contributed by atoms with Gasteiger partial charge in [-0.3, -0.25) is 4.57 Å². The fourth-order valence-electron chi connectivity index (χ4n) is 1.65. The van der Waals surface area contributed by atoms with Crippen molar-refractivity contribution in [3.63, 3.8) is 0 Å². The molecule has 0 saturated heterocycles. The van der Waals surface area contributed by atoms with Crippen molar-refractivity contribution in [2.45, 2.75) is 20.4 Å². The zero-order chi connectivity index (χ0) is 11.4. The Kier molecular flexibility index (Phi) is 3.31. The normalized spacial score (nSPS) is 10.6. The molecule has 0 aliphatic carbocycles. The first-order valence-corrected chi connectivity index (χ1v) is 5.48. The van der Waals surface area contributed by atoms with E-state index in [2.05, 4.69) is 28.3 Å². The van der Waals surface area contributed by atoms with Crippen molar-refractivity contribution in [2.24, 2.45) is 0 Å². The van der Waals surface area contributed by atoms with Crippen molar-refractivity contribution in [2.75, 3.05) is 6.54 Å². The lowest BCUT2D eigenvalue weighted by molar-refractivity contribution is 0.716. The monoisotopic (exact) mass is 216 g/mol. The highest BCUT2D eigenvalue weighted by atomic mass is 15.1. The lowest BCUT2D eigenvalue weighted by Crippen LogP contribution is -2.14. The highest BCUT2D eigenvalue weighted by Gasteiger charge is 2.06. The summed E-state index contributed by atoms with van der Waals surface area (Å²) in [5.74, 6) is 1.91. The quantitative estimate of drug-likeness (QED) is 0.845. The van der Waals surface area contributed by atoms with Gasteiger partial charge in [0.15, 0.2) is 0 Å². The summed E-state index contributed by atoms with van der Waals surface area (Å²) in [4.78, 5) is 8.63. The molecule has 16 heavy (non-hydrogen) atoms. The molecule has 4 nitrogen and oxygen atoms in total. The molecule has 0 amide bonds. The van der Waals surface area contributed by atoms with Crippen LogP contribution in [-0.4, -0.2) is 21.1 Å². The third kappa shape index (κ3) is 2.12. The Labute approximate surface area is 95.4 Å². The van der Waals surface area contributed by atoms with Crippen LogP contribution in [0.2, 0.25) is 0 Å². The van der Waals surface area contributed by atoms with E-state index in [0.717, 1.165) is 24.7 Å². The number of pyridine rings is 1. The van der Waals surface area contributed by atoms with E-state index in [1.54, 1.807) is 6.20 Å². The van der Waals surface area contributed by atoms with Gasteiger partial charge in [-0.2, -0.15) is 0 Å². The first-order valence-electron chi connectivity index (χ1n) is 5.48. The van der Waals surface area contributed by atoms with Gasteiger partial charge >= 0.3 is 0 Å². The standard InChI is InChI=1S/C12H16N4/c1-3-13-9-11-5-4-6-15-12(11)16-8-7-14-10(16)2/h4-8,13H,3,9H2,1-2H3. The smallest absolute Gasteiger partial charge is 0.142 e. The molecule has 2 heterocycles. The zero-order valence-electron chi connectivity index (χ0n) is 9.64. The minimum atomic E-state index is 0.831. The van der Waals surface area contributed by atoms with E-state index >= 15 is 0 Å². The summed E-state index contributed by atoms with van der Waals surface area (Å²) in [5, 5.41) is 3.31. The van der Waals surface area contributed by atoms with Gasteiger partial charge in [0.1, 0.15) is 11.6 Å². The van der Waals surface area contributed by atoms with Crippen LogP contribution in [0.15, 0.2) is 30.7 Å². The first kappa shape index (κ1) is 10.8. The van der Waals surface area contributed by atoms with Crippen LogP contribution in [0.25, 0.3) is 5.82 Å². The second kappa shape index (κ2) is 4.90. The second-order valence-electron chi connectivity index (χ2n) is 3.61. The average molecular weight is 216 g/mol. The van der Waals surface area contributed by atoms with Crippen molar-refractivity contribution in [3.05, 3.63) is 42.1 Å². The van der Waals surface area contributed by atoms with Crippen LogP contribution in [-0.2, 0) is 6.54 Å². The minimum Gasteiger partial charge on any atom is -0.313 e. The molecule has 0 saturated carbocycles. The van der Waals surface area contributed by atoms with Gasteiger partial charge in [-0.05, 0) is 19.5 Å². The van der Waals surface area contributed by atoms with Gasteiger partial charge in [0, 0.05) is 30.7 Å². The molecule has 0 aromatic carbocycles. The summed E-state index contributed by atoms with van der Waals surface area (Å²) in [6.07, 6.45) is 5.54. The SMILES string of the molecule is CCNCc1cccnc1-n1ccnc1C. The van der Waals surface area contributed by atoms with E-state index in [1.807, 2.05) is 30.0 Å². The molecule has 4 heteroatoms. The number of imidazole rings is 1. The maximum Gasteiger partial charge on any atom is 0.142 e. The van der Waals surface area contributed by atoms with Gasteiger partial charge in [0.05, 0.1) is 0 Å². The van der Waals surface area contributed by atoms with Crippen molar-refractivity contribution >= 4 is 0 Å². The van der Waals surface area contributed by atoms with Crippen LogP contribution in [0, 0.1) is 6.92 Å². The summed E-state index contributed by atoms with van der Waals surface area (Å²) in [6.45, 7) is 5.86. The predicted octanol–water partition coefficient (Wildman–Crippen LogP) is 1.69. The number of aryl methyl sites for hydroxylation is 1. The van der Waals surface area contributed by atoms with Crippen LogP contribution < -0.4 is 5.32 Å². The molecular formula is C12H16N4. The lowest BCUT2D eigenvalue weighted by Gasteiger charge is -2.10. The summed E-state index contributed by atoms with van der Waals surface area (Å²) in [7, 11) is 0. The van der Waals surface area contributed by atoms with E-state index in [1.165, 1.54) is 5.56 Å². The van der Waals surface area contributed by atoms with Gasteiger partial charge in [-0.25, -0.2) is 9.97 Å². The number of rotatable bonds is 4. The molecule has 1 N–H and O–H groups in total. The van der Waals surface area contributed by atoms with Crippen molar-refractivity contribution in [3.8, 4) is 5.82 Å². The van der Waals surface area contributed by atoms with E-state index in [0.29, 0.717) is 0 Å². The molecule has 0 aliphatic heterocycles. The molecule has 0 radical (unpaired) electrons. The van der Waals surface area contributed by atoms with Crippen molar-refractivity contribution < 1.29 is 0 Å². The molecule has 0 atom stereocenters. The van der Waals surface area contributed by atoms with Crippen molar-refractivity contribution in [1.29, 1.82) is 0 Å². The highest BCUT2D eigenvalue weighted by Crippen LogP contribution is 2.12. The Morgan fingerprint density at radius 1 is 1.31 bits per heavy atom. The highest BCUT2D eigenvalue weighted by molar-refractivity contribution is 5.34. The summed E-state index contributed by atoms with van der Waals surface area (Å²) >= 11 is 0. The summed E-state index contributed by atoms with van der Waals surface area (Å²) in [6, 6.07) is 4.05. The molecule has 2 aromatic heterocycles. The maximum absolute atomic E-state index is 4.42. The summed E-state index contributed by atoms with van der Waals surface area (Å²) < 4.78 is 2.01. The van der Waals surface area contributed by atoms with E-state index in [4.69, 9.17) is 0 Å². The molecule has 0 unspecified atom stereocenters. The van der Waals surface area contributed by atoms with Gasteiger partial charge < -0.3 is 5.32 Å². The molecule has 0 fully saturated rings. The van der Waals surface area contributed by atoms with Crippen LogP contribution in [0.3, 0.4) is 0 Å². The zero-order valence-corrected chi connectivity index (χ0v) is 9.64. The predicted molar refractivity (Wildman–Crippen MR) is 63.5 cm³/mol. The molecule has 2 aromatic rings. The number of hydrogen-bond acceptors (Lipinski definition) is 3. The van der Waals surface area contributed by atoms with Crippen LogP contribution in [0.1, 0.15) is 18.3 Å². The van der Waals surface area contributed by atoms with Gasteiger partial charge in [0.2, 0.25) is 0 Å². The van der Waals surface area contributed by atoms with Crippen LogP contribution >= 0.6 is 0 Å². The molecular weight excluding hydrogens is 200 g/mol. The van der Waals surface area contributed by atoms with E-state index in [9.17, 15) is 0 Å². The van der Waals surface area contributed by atoms with Gasteiger partial charge in [-0.1, -0.05) is 13.0 Å². The van der Waals surface area contributed by atoms with Gasteiger partial charge in [0.25, 0.3) is 0 Å². The topological polar surface area (TPSA) is 42.7 Å². The van der Waals surface area contributed by atoms with Crippen molar-refractivity contribution in [1.82, 2.24) is 19.9 Å².